The predicted molar refractivity (Wildman–Crippen MR) is 170 cm³/mol. The molecule has 0 radical (unpaired) electrons. The lowest BCUT2D eigenvalue weighted by molar-refractivity contribution is 0.117. The molecule has 44 heavy (non-hydrogen) atoms. The molecule has 232 valence electrons. The zero-order valence-electron chi connectivity index (χ0n) is 26.0. The quantitative estimate of drug-likeness (QED) is 0.441. The van der Waals surface area contributed by atoms with Gasteiger partial charge in [-0.2, -0.15) is 10.2 Å². The highest BCUT2D eigenvalue weighted by atomic mass is 32.1. The Morgan fingerprint density at radius 3 is 2.61 bits per heavy atom. The second kappa shape index (κ2) is 10.7. The zero-order chi connectivity index (χ0) is 30.2. The van der Waals surface area contributed by atoms with Crippen molar-refractivity contribution in [2.24, 2.45) is 11.8 Å². The Balaban J connectivity index is 1.19. The van der Waals surface area contributed by atoms with E-state index in [1.165, 1.54) is 11.3 Å². The van der Waals surface area contributed by atoms with E-state index in [0.29, 0.717) is 45.8 Å². The van der Waals surface area contributed by atoms with E-state index in [-0.39, 0.29) is 11.5 Å². The van der Waals surface area contributed by atoms with Gasteiger partial charge >= 0.3 is 0 Å². The van der Waals surface area contributed by atoms with Crippen molar-refractivity contribution in [3.05, 3.63) is 33.4 Å². The molecule has 2 aliphatic carbocycles. The van der Waals surface area contributed by atoms with Crippen LogP contribution in [0.25, 0.3) is 11.5 Å². The molecule has 5 atom stereocenters. The molecule has 0 unspecified atom stereocenters. The SMILES string of the molecule is C[C@H](Oc1cc(N2C[C@H]3CN(C)C[C@H]3C2)nc(-c2noc3c2CCC[C@@]32CCCc3sc(N)c(C#N)c32)n1)[C@@H]1CCCN1C. The minimum atomic E-state index is -0.372. The highest BCUT2D eigenvalue weighted by Crippen LogP contribution is 2.55. The molecule has 10 nitrogen and oxygen atoms in total. The topological polar surface area (TPSA) is 121 Å². The standard InChI is InChI=1S/C33H42N8O2S/c1-19(24-8-6-12-40(24)3)42-27-13-26(41-17-20-15-39(2)16-21(20)18-41)36-32(37-27)29-22-7-4-10-33(30(22)43-38-29)11-5-9-25-28(33)23(14-34)31(35)44-25/h13,19-21,24H,4-12,15-18,35H2,1-3H3/t19-,20-,21+,24-,33-/m0/s1. The molecule has 3 aliphatic heterocycles. The minimum absolute atomic E-state index is 0.00770. The number of thiophene rings is 1. The lowest BCUT2D eigenvalue weighted by Gasteiger charge is -2.39. The van der Waals surface area contributed by atoms with Gasteiger partial charge in [-0.25, -0.2) is 4.98 Å². The van der Waals surface area contributed by atoms with Crippen LogP contribution in [0.3, 0.4) is 0 Å². The van der Waals surface area contributed by atoms with E-state index in [2.05, 4.69) is 41.8 Å². The van der Waals surface area contributed by atoms with Crippen LogP contribution < -0.4 is 15.4 Å². The fourth-order valence-corrected chi connectivity index (χ4v) is 10.3. The number of nitrogens with two attached hydrogens (primary N) is 1. The Hall–Kier alpha value is -3.20. The molecule has 1 spiro atoms. The van der Waals surface area contributed by atoms with Crippen LogP contribution in [-0.4, -0.2) is 83.9 Å². The van der Waals surface area contributed by atoms with Gasteiger partial charge in [0.25, 0.3) is 0 Å². The number of nitriles is 1. The third-order valence-corrected chi connectivity index (χ3v) is 12.3. The number of rotatable bonds is 5. The minimum Gasteiger partial charge on any atom is -0.473 e. The van der Waals surface area contributed by atoms with Crippen LogP contribution in [0.15, 0.2) is 10.6 Å². The molecule has 5 aliphatic rings. The number of fused-ring (bicyclic) bond motifs is 5. The van der Waals surface area contributed by atoms with Crippen molar-refractivity contribution in [3.8, 4) is 23.5 Å². The molecule has 3 aromatic heterocycles. The first-order valence-corrected chi connectivity index (χ1v) is 17.2. The van der Waals surface area contributed by atoms with Crippen LogP contribution in [0.4, 0.5) is 10.8 Å². The van der Waals surface area contributed by atoms with Crippen LogP contribution in [0, 0.1) is 23.2 Å². The molecule has 6 heterocycles. The normalized spacial score (nSPS) is 29.0. The fourth-order valence-electron chi connectivity index (χ4n) is 9.17. The number of likely N-dealkylation sites (tertiary alicyclic amines) is 2. The molecule has 3 fully saturated rings. The van der Waals surface area contributed by atoms with Crippen molar-refractivity contribution in [1.29, 1.82) is 5.26 Å². The Bertz CT molecular complexity index is 1610. The van der Waals surface area contributed by atoms with Crippen LogP contribution in [0.1, 0.15) is 72.8 Å². The Morgan fingerprint density at radius 1 is 1.11 bits per heavy atom. The molecular formula is C33H42N8O2S. The van der Waals surface area contributed by atoms with Gasteiger partial charge in [-0.3, -0.25) is 4.90 Å². The average Bonchev–Trinajstić information content (AvgIpc) is 3.81. The number of ether oxygens (including phenoxy) is 1. The van der Waals surface area contributed by atoms with Crippen LogP contribution in [0.2, 0.25) is 0 Å². The number of hydrogen-bond donors (Lipinski definition) is 1. The van der Waals surface area contributed by atoms with E-state index in [9.17, 15) is 5.26 Å². The molecule has 0 saturated carbocycles. The maximum atomic E-state index is 10.1. The van der Waals surface area contributed by atoms with E-state index in [4.69, 9.17) is 30.1 Å². The predicted octanol–water partition coefficient (Wildman–Crippen LogP) is 4.46. The zero-order valence-corrected chi connectivity index (χ0v) is 26.8. The van der Waals surface area contributed by atoms with Crippen molar-refractivity contribution >= 4 is 22.2 Å². The Labute approximate surface area is 263 Å². The van der Waals surface area contributed by atoms with E-state index < -0.39 is 0 Å². The van der Waals surface area contributed by atoms with Gasteiger partial charge < -0.3 is 24.8 Å². The number of hydrogen-bond acceptors (Lipinski definition) is 11. The number of aryl methyl sites for hydroxylation is 1. The molecule has 11 heteroatoms. The highest BCUT2D eigenvalue weighted by Gasteiger charge is 2.49. The van der Waals surface area contributed by atoms with Gasteiger partial charge in [-0.15, -0.1) is 11.3 Å². The van der Waals surface area contributed by atoms with Crippen LogP contribution in [0.5, 0.6) is 5.88 Å². The monoisotopic (exact) mass is 614 g/mol. The molecule has 0 aromatic carbocycles. The maximum Gasteiger partial charge on any atom is 0.219 e. The highest BCUT2D eigenvalue weighted by molar-refractivity contribution is 7.16. The summed E-state index contributed by atoms with van der Waals surface area (Å²) in [6, 6.07) is 4.83. The summed E-state index contributed by atoms with van der Waals surface area (Å²) >= 11 is 1.57. The number of nitrogens with zero attached hydrogens (tertiary/aromatic N) is 7. The molecule has 3 saturated heterocycles. The Morgan fingerprint density at radius 2 is 1.89 bits per heavy atom. The van der Waals surface area contributed by atoms with Gasteiger partial charge in [0.2, 0.25) is 5.88 Å². The number of nitrogen functional groups attached to an aromatic ring is 1. The molecule has 8 rings (SSSR count). The van der Waals surface area contributed by atoms with Crippen LogP contribution in [-0.2, 0) is 18.3 Å². The largest absolute Gasteiger partial charge is 0.473 e. The average molecular weight is 615 g/mol. The van der Waals surface area contributed by atoms with Gasteiger partial charge in [0.1, 0.15) is 23.0 Å². The molecule has 0 bridgehead atoms. The van der Waals surface area contributed by atoms with Crippen molar-refractivity contribution < 1.29 is 9.26 Å². The summed E-state index contributed by atoms with van der Waals surface area (Å²) in [6.45, 7) is 7.50. The lowest BCUT2D eigenvalue weighted by atomic mass is 9.63. The molecule has 3 aromatic rings. The summed E-state index contributed by atoms with van der Waals surface area (Å²) in [5.74, 6) is 4.27. The van der Waals surface area contributed by atoms with Crippen molar-refractivity contribution in [2.75, 3.05) is 57.5 Å². The van der Waals surface area contributed by atoms with Gasteiger partial charge in [0.05, 0.1) is 11.0 Å². The third kappa shape index (κ3) is 4.44. The summed E-state index contributed by atoms with van der Waals surface area (Å²) in [4.78, 5) is 18.7. The van der Waals surface area contributed by atoms with Crippen LogP contribution >= 0.6 is 11.3 Å². The van der Waals surface area contributed by atoms with E-state index in [1.54, 1.807) is 11.3 Å². The smallest absolute Gasteiger partial charge is 0.219 e. The maximum absolute atomic E-state index is 10.1. The van der Waals surface area contributed by atoms with Gasteiger partial charge in [-0.05, 0) is 96.3 Å². The van der Waals surface area contributed by atoms with Crippen molar-refractivity contribution in [2.45, 2.75) is 75.9 Å². The first-order valence-electron chi connectivity index (χ1n) is 16.3. The summed E-state index contributed by atoms with van der Waals surface area (Å²) < 4.78 is 12.9. The van der Waals surface area contributed by atoms with E-state index in [1.807, 2.05) is 6.07 Å². The number of anilines is 2. The van der Waals surface area contributed by atoms with Gasteiger partial charge in [-0.1, -0.05) is 5.16 Å². The molecular weight excluding hydrogens is 572 g/mol. The Kier molecular flexibility index (Phi) is 6.88. The molecule has 0 amide bonds. The molecule has 2 N–H and O–H groups in total. The van der Waals surface area contributed by atoms with E-state index >= 15 is 0 Å². The first kappa shape index (κ1) is 28.3. The van der Waals surface area contributed by atoms with Gasteiger partial charge in [0, 0.05) is 48.7 Å². The summed E-state index contributed by atoms with van der Waals surface area (Å²) in [7, 11) is 4.40. The van der Waals surface area contributed by atoms with Crippen molar-refractivity contribution in [3.63, 3.8) is 0 Å². The lowest BCUT2D eigenvalue weighted by Crippen LogP contribution is -2.38. The first-order chi connectivity index (χ1) is 21.3. The second-order valence-corrected chi connectivity index (χ2v) is 15.1. The number of aromatic nitrogens is 3. The third-order valence-electron chi connectivity index (χ3n) is 11.2. The number of likely N-dealkylation sites (N-methyl/N-ethyl adjacent to an activating group) is 1. The summed E-state index contributed by atoms with van der Waals surface area (Å²) in [5, 5.41) is 15.4. The summed E-state index contributed by atoms with van der Waals surface area (Å²) in [5.41, 5.74) is 9.49. The fraction of sp³-hybridized carbons (Fsp3) is 0.636. The second-order valence-electron chi connectivity index (χ2n) is 13.9. The van der Waals surface area contributed by atoms with Gasteiger partial charge in [0.15, 0.2) is 17.3 Å². The van der Waals surface area contributed by atoms with Crippen molar-refractivity contribution in [1.82, 2.24) is 24.9 Å². The van der Waals surface area contributed by atoms with E-state index in [0.717, 1.165) is 100 Å². The summed E-state index contributed by atoms with van der Waals surface area (Å²) in [6.07, 6.45) is 8.02.